The zero-order valence-electron chi connectivity index (χ0n) is 12.2. The molecule has 2 aromatic rings. The summed E-state index contributed by atoms with van der Waals surface area (Å²) >= 11 is 0. The average Bonchev–Trinajstić information content (AvgIpc) is 2.96. The van der Waals surface area contributed by atoms with Crippen LogP contribution in [0.5, 0.6) is 0 Å². The highest BCUT2D eigenvalue weighted by atomic mass is 15.3. The highest BCUT2D eigenvalue weighted by Crippen LogP contribution is 1.95. The van der Waals surface area contributed by atoms with E-state index >= 15 is 0 Å². The van der Waals surface area contributed by atoms with Gasteiger partial charge in [-0.25, -0.2) is 0 Å². The lowest BCUT2D eigenvalue weighted by Crippen LogP contribution is -2.34. The lowest BCUT2D eigenvalue weighted by Gasteiger charge is -2.07. The van der Waals surface area contributed by atoms with Gasteiger partial charge in [0.2, 0.25) is 0 Å². The van der Waals surface area contributed by atoms with E-state index in [1.54, 1.807) is 12.5 Å². The van der Waals surface area contributed by atoms with Crippen LogP contribution in [0, 0.1) is 0 Å². The Morgan fingerprint density at radius 3 is 3.10 bits per heavy atom. The van der Waals surface area contributed by atoms with Gasteiger partial charge in [0.05, 0.1) is 0 Å². The van der Waals surface area contributed by atoms with Crippen LogP contribution < -0.4 is 11.1 Å². The first-order chi connectivity index (χ1) is 10.3. The van der Waals surface area contributed by atoms with Crippen molar-refractivity contribution in [1.82, 2.24) is 25.1 Å². The van der Waals surface area contributed by atoms with E-state index in [1.807, 2.05) is 22.8 Å². The second kappa shape index (κ2) is 7.98. The molecule has 0 aliphatic rings. The summed E-state index contributed by atoms with van der Waals surface area (Å²) in [7, 11) is 0. The molecule has 2 heterocycles. The van der Waals surface area contributed by atoms with Crippen molar-refractivity contribution >= 4 is 5.96 Å². The molecule has 0 aromatic carbocycles. The van der Waals surface area contributed by atoms with Crippen molar-refractivity contribution in [3.63, 3.8) is 0 Å². The minimum Gasteiger partial charge on any atom is -0.370 e. The van der Waals surface area contributed by atoms with E-state index in [9.17, 15) is 0 Å². The molecule has 0 aliphatic carbocycles. The first-order valence-electron chi connectivity index (χ1n) is 7.10. The van der Waals surface area contributed by atoms with Gasteiger partial charge in [-0.05, 0) is 12.1 Å². The van der Waals surface area contributed by atoms with Gasteiger partial charge in [0.1, 0.15) is 12.2 Å². The van der Waals surface area contributed by atoms with E-state index in [0.29, 0.717) is 19.0 Å². The minimum absolute atomic E-state index is 0.456. The minimum atomic E-state index is 0.456. The quantitative estimate of drug-likeness (QED) is 0.567. The average molecular weight is 287 g/mol. The third-order valence-electron chi connectivity index (χ3n) is 3.05. The lowest BCUT2D eigenvalue weighted by molar-refractivity contribution is 0.638. The summed E-state index contributed by atoms with van der Waals surface area (Å²) in [6, 6.07) is 5.85. The van der Waals surface area contributed by atoms with Crippen LogP contribution in [0.2, 0.25) is 0 Å². The van der Waals surface area contributed by atoms with Crippen molar-refractivity contribution in [1.29, 1.82) is 0 Å². The molecule has 0 saturated heterocycles. The molecule has 0 atom stereocenters. The summed E-state index contributed by atoms with van der Waals surface area (Å²) in [5, 5.41) is 11.0. The van der Waals surface area contributed by atoms with Crippen LogP contribution in [0.1, 0.15) is 18.4 Å². The third kappa shape index (κ3) is 4.87. The monoisotopic (exact) mass is 287 g/mol. The topological polar surface area (TPSA) is 94.0 Å². The zero-order valence-corrected chi connectivity index (χ0v) is 12.2. The Kier molecular flexibility index (Phi) is 5.69. The Balaban J connectivity index is 1.69. The molecule has 0 saturated carbocycles. The molecule has 0 unspecified atom stereocenters. The van der Waals surface area contributed by atoms with Gasteiger partial charge in [0.25, 0.3) is 0 Å². The maximum atomic E-state index is 5.83. The van der Waals surface area contributed by atoms with Gasteiger partial charge >= 0.3 is 0 Å². The van der Waals surface area contributed by atoms with Crippen molar-refractivity contribution < 1.29 is 0 Å². The van der Waals surface area contributed by atoms with E-state index in [1.165, 1.54) is 0 Å². The number of hydrogen-bond donors (Lipinski definition) is 2. The Morgan fingerprint density at radius 2 is 2.33 bits per heavy atom. The summed E-state index contributed by atoms with van der Waals surface area (Å²) < 4.78 is 2.01. The second-order valence-electron chi connectivity index (χ2n) is 4.56. The predicted molar refractivity (Wildman–Crippen MR) is 81.8 cm³/mol. The van der Waals surface area contributed by atoms with Gasteiger partial charge in [-0.1, -0.05) is 13.0 Å². The number of aliphatic imine (C=N–C) groups is 1. The van der Waals surface area contributed by atoms with Gasteiger partial charge in [-0.2, -0.15) is 0 Å². The molecule has 0 radical (unpaired) electrons. The molecule has 112 valence electrons. The van der Waals surface area contributed by atoms with Crippen LogP contribution in [0.3, 0.4) is 0 Å². The smallest absolute Gasteiger partial charge is 0.188 e. The van der Waals surface area contributed by atoms with Crippen molar-refractivity contribution in [2.45, 2.75) is 26.3 Å². The summed E-state index contributed by atoms with van der Waals surface area (Å²) in [6.07, 6.45) is 5.17. The largest absolute Gasteiger partial charge is 0.370 e. The Hall–Kier alpha value is -2.44. The first-order valence-corrected chi connectivity index (χ1v) is 7.10. The highest BCUT2D eigenvalue weighted by molar-refractivity contribution is 5.77. The van der Waals surface area contributed by atoms with E-state index in [0.717, 1.165) is 30.9 Å². The SMILES string of the molecule is CCc1nncn1CCNC(N)=NCCc1ccccn1. The standard InChI is InChI=1S/C14H21N7/c1-2-13-20-19-11-21(13)10-9-18-14(15)17-8-6-12-5-3-4-7-16-12/h3-5,7,11H,2,6,8-10H2,1H3,(H3,15,17,18). The van der Waals surface area contributed by atoms with Crippen molar-refractivity contribution in [3.8, 4) is 0 Å². The van der Waals surface area contributed by atoms with Gasteiger partial charge in [-0.15, -0.1) is 10.2 Å². The molecule has 0 bridgehead atoms. The van der Waals surface area contributed by atoms with E-state index in [4.69, 9.17) is 5.73 Å². The Bertz CT molecular complexity index is 562. The molecular weight excluding hydrogens is 266 g/mol. The lowest BCUT2D eigenvalue weighted by atomic mass is 10.3. The number of aromatic nitrogens is 4. The molecule has 0 aliphatic heterocycles. The summed E-state index contributed by atoms with van der Waals surface area (Å²) in [5.74, 6) is 1.43. The fourth-order valence-electron chi connectivity index (χ4n) is 1.94. The molecule has 0 spiro atoms. The predicted octanol–water partition coefficient (Wildman–Crippen LogP) is 0.383. The van der Waals surface area contributed by atoms with E-state index < -0.39 is 0 Å². The number of aryl methyl sites for hydroxylation is 1. The molecule has 7 nitrogen and oxygen atoms in total. The number of nitrogens with one attached hydrogen (secondary N) is 1. The fourth-order valence-corrected chi connectivity index (χ4v) is 1.94. The molecule has 7 heteroatoms. The molecule has 2 aromatic heterocycles. The van der Waals surface area contributed by atoms with Crippen LogP contribution in [0.25, 0.3) is 0 Å². The van der Waals surface area contributed by atoms with Crippen molar-refractivity contribution in [2.75, 3.05) is 13.1 Å². The third-order valence-corrected chi connectivity index (χ3v) is 3.05. The molecular formula is C14H21N7. The number of hydrogen-bond acceptors (Lipinski definition) is 4. The van der Waals surface area contributed by atoms with E-state index in [-0.39, 0.29) is 0 Å². The van der Waals surface area contributed by atoms with Gasteiger partial charge < -0.3 is 15.6 Å². The first kappa shape index (κ1) is 15.0. The molecule has 2 rings (SSSR count). The zero-order chi connectivity index (χ0) is 14.9. The molecule has 0 fully saturated rings. The highest BCUT2D eigenvalue weighted by Gasteiger charge is 2.00. The number of pyridine rings is 1. The summed E-state index contributed by atoms with van der Waals surface area (Å²) in [6.45, 7) is 4.15. The molecule has 3 N–H and O–H groups in total. The van der Waals surface area contributed by atoms with Crippen molar-refractivity contribution in [2.24, 2.45) is 10.7 Å². The summed E-state index contributed by atoms with van der Waals surface area (Å²) in [4.78, 5) is 8.53. The second-order valence-corrected chi connectivity index (χ2v) is 4.56. The Labute approximate surface area is 124 Å². The van der Waals surface area contributed by atoms with Gasteiger partial charge in [0, 0.05) is 44.4 Å². The van der Waals surface area contributed by atoms with Crippen LogP contribution >= 0.6 is 0 Å². The number of nitrogens with two attached hydrogens (primary N) is 1. The Morgan fingerprint density at radius 1 is 1.43 bits per heavy atom. The maximum Gasteiger partial charge on any atom is 0.188 e. The normalized spacial score (nSPS) is 11.6. The summed E-state index contributed by atoms with van der Waals surface area (Å²) in [5.41, 5.74) is 6.85. The van der Waals surface area contributed by atoms with Gasteiger partial charge in [0.15, 0.2) is 5.96 Å². The molecule has 21 heavy (non-hydrogen) atoms. The number of rotatable bonds is 7. The van der Waals surface area contributed by atoms with Gasteiger partial charge in [-0.3, -0.25) is 9.98 Å². The van der Waals surface area contributed by atoms with Crippen molar-refractivity contribution in [3.05, 3.63) is 42.2 Å². The molecule has 0 amide bonds. The van der Waals surface area contributed by atoms with Crippen LogP contribution in [0.4, 0.5) is 0 Å². The van der Waals surface area contributed by atoms with Crippen LogP contribution in [0.15, 0.2) is 35.7 Å². The fraction of sp³-hybridized carbons (Fsp3) is 0.429. The van der Waals surface area contributed by atoms with Crippen LogP contribution in [-0.4, -0.2) is 38.8 Å². The number of nitrogens with zero attached hydrogens (tertiary/aromatic N) is 5. The maximum absolute atomic E-state index is 5.83. The number of guanidine groups is 1. The van der Waals surface area contributed by atoms with Crippen LogP contribution in [-0.2, 0) is 19.4 Å². The van der Waals surface area contributed by atoms with E-state index in [2.05, 4.69) is 32.4 Å².